The summed E-state index contributed by atoms with van der Waals surface area (Å²) < 4.78 is 0. The summed E-state index contributed by atoms with van der Waals surface area (Å²) in [5.74, 6) is -0.250. The summed E-state index contributed by atoms with van der Waals surface area (Å²) >= 11 is 0. The van der Waals surface area contributed by atoms with Crippen LogP contribution in [0.25, 0.3) is 0 Å². The average Bonchev–Trinajstić information content (AvgIpc) is 2.41. The van der Waals surface area contributed by atoms with Gasteiger partial charge in [0.25, 0.3) is 0 Å². The molecule has 1 aromatic rings. The van der Waals surface area contributed by atoms with Crippen LogP contribution in [0.1, 0.15) is 31.2 Å². The maximum Gasteiger partial charge on any atom is 0.227 e. The fourth-order valence-electron chi connectivity index (χ4n) is 2.53. The molecule has 0 saturated heterocycles. The molecule has 1 aliphatic rings. The predicted octanol–water partition coefficient (Wildman–Crippen LogP) is 1.17. The van der Waals surface area contributed by atoms with Crippen molar-refractivity contribution < 1.29 is 9.59 Å². The number of nitrogens with two attached hydrogens (primary N) is 2. The largest absolute Gasteiger partial charge is 0.369 e. The molecule has 1 fully saturated rings. The van der Waals surface area contributed by atoms with E-state index in [2.05, 4.69) is 5.32 Å². The van der Waals surface area contributed by atoms with Crippen LogP contribution in [0, 0.1) is 5.92 Å². The lowest BCUT2D eigenvalue weighted by atomic mass is 9.86. The minimum absolute atomic E-state index is 0.0551. The molecule has 1 aliphatic carbocycles. The third-order valence-electron chi connectivity index (χ3n) is 3.74. The molecule has 2 rings (SSSR count). The highest BCUT2D eigenvalue weighted by Crippen LogP contribution is 2.24. The molecule has 2 amide bonds. The predicted molar refractivity (Wildman–Crippen MR) is 77.9 cm³/mol. The first-order chi connectivity index (χ1) is 9.54. The van der Waals surface area contributed by atoms with E-state index in [1.807, 2.05) is 0 Å². The van der Waals surface area contributed by atoms with Crippen LogP contribution in [0.15, 0.2) is 24.3 Å². The smallest absolute Gasteiger partial charge is 0.227 e. The minimum atomic E-state index is -0.361. The minimum Gasteiger partial charge on any atom is -0.369 e. The van der Waals surface area contributed by atoms with E-state index < -0.39 is 0 Å². The molecule has 5 N–H and O–H groups in total. The number of carbonyl (C=O) groups is 2. The first-order valence-electron chi connectivity index (χ1n) is 6.98. The fourth-order valence-corrected chi connectivity index (χ4v) is 2.53. The Morgan fingerprint density at radius 2 is 1.70 bits per heavy atom. The number of carbonyl (C=O) groups excluding carboxylic acids is 2. The van der Waals surface area contributed by atoms with Crippen molar-refractivity contribution in [1.82, 2.24) is 0 Å². The van der Waals surface area contributed by atoms with Crippen LogP contribution >= 0.6 is 0 Å². The van der Waals surface area contributed by atoms with Crippen molar-refractivity contribution in [3.63, 3.8) is 0 Å². The lowest BCUT2D eigenvalue weighted by Crippen LogP contribution is -2.32. The van der Waals surface area contributed by atoms with Gasteiger partial charge in [-0.1, -0.05) is 12.1 Å². The zero-order valence-corrected chi connectivity index (χ0v) is 11.5. The Morgan fingerprint density at radius 1 is 1.10 bits per heavy atom. The van der Waals surface area contributed by atoms with Gasteiger partial charge in [-0.15, -0.1) is 0 Å². The Morgan fingerprint density at radius 3 is 2.25 bits per heavy atom. The summed E-state index contributed by atoms with van der Waals surface area (Å²) in [6.45, 7) is 0. The first kappa shape index (κ1) is 14.5. The quantitative estimate of drug-likeness (QED) is 0.769. The Bertz CT molecular complexity index is 476. The number of rotatable bonds is 4. The van der Waals surface area contributed by atoms with Gasteiger partial charge in [-0.05, 0) is 43.4 Å². The molecule has 0 aromatic heterocycles. The second-order valence-corrected chi connectivity index (χ2v) is 5.44. The van der Waals surface area contributed by atoms with E-state index in [0.29, 0.717) is 0 Å². The maximum absolute atomic E-state index is 12.1. The van der Waals surface area contributed by atoms with Gasteiger partial charge >= 0.3 is 0 Å². The highest BCUT2D eigenvalue weighted by molar-refractivity contribution is 5.92. The third kappa shape index (κ3) is 4.06. The van der Waals surface area contributed by atoms with Gasteiger partial charge in [0, 0.05) is 17.6 Å². The molecule has 20 heavy (non-hydrogen) atoms. The van der Waals surface area contributed by atoms with Crippen LogP contribution in [0.3, 0.4) is 0 Å². The van der Waals surface area contributed by atoms with Crippen LogP contribution in [-0.2, 0) is 16.0 Å². The molecule has 108 valence electrons. The number of hydrogen-bond acceptors (Lipinski definition) is 3. The van der Waals surface area contributed by atoms with Gasteiger partial charge in [-0.25, -0.2) is 0 Å². The molecule has 0 heterocycles. The molecule has 5 heteroatoms. The number of nitrogens with one attached hydrogen (secondary N) is 1. The van der Waals surface area contributed by atoms with Gasteiger partial charge in [0.15, 0.2) is 0 Å². The van der Waals surface area contributed by atoms with Gasteiger partial charge in [-0.2, -0.15) is 0 Å². The van der Waals surface area contributed by atoms with Crippen molar-refractivity contribution in [2.24, 2.45) is 17.4 Å². The maximum atomic E-state index is 12.1. The SMILES string of the molecule is NC(=O)Cc1ccc(NC(=O)C2CCC(N)CC2)cc1. The number of primary amides is 1. The summed E-state index contributed by atoms with van der Waals surface area (Å²) in [4.78, 5) is 22.9. The van der Waals surface area contributed by atoms with Crippen molar-refractivity contribution in [2.45, 2.75) is 38.1 Å². The molecular formula is C15H21N3O2. The second kappa shape index (κ2) is 6.52. The van der Waals surface area contributed by atoms with E-state index in [4.69, 9.17) is 11.5 Å². The van der Waals surface area contributed by atoms with E-state index in [1.54, 1.807) is 24.3 Å². The van der Waals surface area contributed by atoms with Crippen molar-refractivity contribution >= 4 is 17.5 Å². The average molecular weight is 275 g/mol. The molecule has 0 unspecified atom stereocenters. The summed E-state index contributed by atoms with van der Waals surface area (Å²) in [7, 11) is 0. The molecule has 0 radical (unpaired) electrons. The van der Waals surface area contributed by atoms with Crippen LogP contribution < -0.4 is 16.8 Å². The summed E-state index contributed by atoms with van der Waals surface area (Å²) in [5, 5.41) is 2.91. The fraction of sp³-hybridized carbons (Fsp3) is 0.467. The molecule has 1 aromatic carbocycles. The van der Waals surface area contributed by atoms with Crippen LogP contribution in [0.5, 0.6) is 0 Å². The zero-order valence-electron chi connectivity index (χ0n) is 11.5. The van der Waals surface area contributed by atoms with Gasteiger partial charge < -0.3 is 16.8 Å². The van der Waals surface area contributed by atoms with E-state index in [-0.39, 0.29) is 30.2 Å². The Kier molecular flexibility index (Phi) is 4.74. The molecule has 0 bridgehead atoms. The number of amides is 2. The number of benzene rings is 1. The monoisotopic (exact) mass is 275 g/mol. The highest BCUT2D eigenvalue weighted by Gasteiger charge is 2.24. The third-order valence-corrected chi connectivity index (χ3v) is 3.74. The molecule has 0 spiro atoms. The van der Waals surface area contributed by atoms with E-state index in [0.717, 1.165) is 36.9 Å². The molecule has 0 atom stereocenters. The van der Waals surface area contributed by atoms with Gasteiger partial charge in [0.2, 0.25) is 11.8 Å². The van der Waals surface area contributed by atoms with Gasteiger partial charge in [-0.3, -0.25) is 9.59 Å². The second-order valence-electron chi connectivity index (χ2n) is 5.44. The molecular weight excluding hydrogens is 254 g/mol. The highest BCUT2D eigenvalue weighted by atomic mass is 16.2. The zero-order chi connectivity index (χ0) is 14.5. The van der Waals surface area contributed by atoms with Crippen LogP contribution in [-0.4, -0.2) is 17.9 Å². The Labute approximate surface area is 118 Å². The van der Waals surface area contributed by atoms with Gasteiger partial charge in [0.05, 0.1) is 6.42 Å². The number of hydrogen-bond donors (Lipinski definition) is 3. The summed E-state index contributed by atoms with van der Waals surface area (Å²) in [5.41, 5.74) is 12.6. The van der Waals surface area contributed by atoms with Crippen molar-refractivity contribution in [3.8, 4) is 0 Å². The van der Waals surface area contributed by atoms with Crippen LogP contribution in [0.2, 0.25) is 0 Å². The van der Waals surface area contributed by atoms with Gasteiger partial charge in [0.1, 0.15) is 0 Å². The topological polar surface area (TPSA) is 98.2 Å². The first-order valence-corrected chi connectivity index (χ1v) is 6.98. The van der Waals surface area contributed by atoms with Crippen molar-refractivity contribution in [2.75, 3.05) is 5.32 Å². The molecule has 5 nitrogen and oxygen atoms in total. The molecule has 1 saturated carbocycles. The van der Waals surface area contributed by atoms with E-state index in [1.165, 1.54) is 0 Å². The summed E-state index contributed by atoms with van der Waals surface area (Å²) in [6.07, 6.45) is 3.75. The Balaban J connectivity index is 1.89. The van der Waals surface area contributed by atoms with Crippen molar-refractivity contribution in [3.05, 3.63) is 29.8 Å². The van der Waals surface area contributed by atoms with E-state index in [9.17, 15) is 9.59 Å². The van der Waals surface area contributed by atoms with E-state index >= 15 is 0 Å². The van der Waals surface area contributed by atoms with Crippen molar-refractivity contribution in [1.29, 1.82) is 0 Å². The normalized spacial score (nSPS) is 22.2. The Hall–Kier alpha value is -1.88. The van der Waals surface area contributed by atoms with Crippen LogP contribution in [0.4, 0.5) is 5.69 Å². The standard InChI is InChI=1S/C15H21N3O2/c16-12-5-3-11(4-6-12)15(20)18-13-7-1-10(2-8-13)9-14(17)19/h1-2,7-8,11-12H,3-6,9,16H2,(H2,17,19)(H,18,20). The lowest BCUT2D eigenvalue weighted by molar-refractivity contribution is -0.121. The summed E-state index contributed by atoms with van der Waals surface area (Å²) in [6, 6.07) is 7.44. The number of anilines is 1. The lowest BCUT2D eigenvalue weighted by Gasteiger charge is -2.25. The molecule has 0 aliphatic heterocycles.